The summed E-state index contributed by atoms with van der Waals surface area (Å²) in [5.74, 6) is 0. The van der Waals surface area contributed by atoms with Gasteiger partial charge in [-0.2, -0.15) is 8.42 Å². The predicted molar refractivity (Wildman–Crippen MR) is 36.3 cm³/mol. The van der Waals surface area contributed by atoms with E-state index in [1.165, 1.54) is 0 Å². The number of nitrogens with one attached hydrogen (secondary N) is 2. The van der Waals surface area contributed by atoms with Crippen molar-refractivity contribution in [1.82, 2.24) is 10.6 Å². The summed E-state index contributed by atoms with van der Waals surface area (Å²) in [7, 11) is -4.13. The van der Waals surface area contributed by atoms with Crippen LogP contribution in [0.5, 0.6) is 0 Å². The van der Waals surface area contributed by atoms with Gasteiger partial charge < -0.3 is 4.79 Å². The third kappa shape index (κ3) is 1.96. The minimum Gasteiger partial charge on any atom is -0.302 e. The van der Waals surface area contributed by atoms with Gasteiger partial charge in [0.2, 0.25) is 0 Å². The summed E-state index contributed by atoms with van der Waals surface area (Å²) in [5, 5.41) is 4.78. The molecular weight excluding hydrogens is 172 g/mol. The number of hydrogen-bond acceptors (Lipinski definition) is 5. The van der Waals surface area contributed by atoms with Gasteiger partial charge in [0.15, 0.2) is 5.50 Å². The molecule has 0 amide bonds. The first-order valence-electron chi connectivity index (χ1n) is 2.95. The molecule has 7 heteroatoms. The van der Waals surface area contributed by atoms with Crippen LogP contribution in [0.1, 0.15) is 0 Å². The van der Waals surface area contributed by atoms with E-state index < -0.39 is 21.7 Å². The number of hydrogen-bond donors (Lipinski definition) is 3. The lowest BCUT2D eigenvalue weighted by Crippen LogP contribution is -2.40. The van der Waals surface area contributed by atoms with Crippen molar-refractivity contribution in [1.29, 1.82) is 0 Å². The summed E-state index contributed by atoms with van der Waals surface area (Å²) in [6.45, 7) is 0.216. The van der Waals surface area contributed by atoms with E-state index in [-0.39, 0.29) is 6.54 Å². The molecule has 0 aromatic rings. The Hall–Kier alpha value is -0.500. The maximum absolute atomic E-state index is 10.4. The molecule has 3 N–H and O–H groups in total. The van der Waals surface area contributed by atoms with E-state index in [1.807, 2.05) is 0 Å². The Balaban J connectivity index is 2.62. The number of aldehydes is 1. The zero-order valence-corrected chi connectivity index (χ0v) is 6.34. The lowest BCUT2D eigenvalue weighted by atomic mass is 10.4. The Kier molecular flexibility index (Phi) is 2.23. The fraction of sp³-hybridized carbons (Fsp3) is 0.750. The fourth-order valence-electron chi connectivity index (χ4n) is 0.825. The van der Waals surface area contributed by atoms with Gasteiger partial charge in [0.1, 0.15) is 6.29 Å². The van der Waals surface area contributed by atoms with Gasteiger partial charge in [-0.05, 0) is 0 Å². The molecule has 0 aliphatic carbocycles. The summed E-state index contributed by atoms with van der Waals surface area (Å²) in [5.41, 5.74) is -1.21. The average molecular weight is 180 g/mol. The van der Waals surface area contributed by atoms with Crippen molar-refractivity contribution < 1.29 is 17.8 Å². The van der Waals surface area contributed by atoms with E-state index in [2.05, 4.69) is 10.6 Å². The Morgan fingerprint density at radius 3 is 2.45 bits per heavy atom. The molecule has 0 spiro atoms. The van der Waals surface area contributed by atoms with Crippen LogP contribution in [-0.2, 0) is 14.9 Å². The highest BCUT2D eigenvalue weighted by molar-refractivity contribution is 7.86. The molecule has 64 valence electrons. The first-order valence-corrected chi connectivity index (χ1v) is 4.45. The number of carbonyl (C=O) groups is 1. The van der Waals surface area contributed by atoms with Crippen molar-refractivity contribution >= 4 is 16.4 Å². The minimum atomic E-state index is -4.13. The van der Waals surface area contributed by atoms with Crippen LogP contribution in [0.15, 0.2) is 0 Å². The monoisotopic (exact) mass is 180 g/mol. The Bertz CT molecular complexity index is 249. The number of carbonyl (C=O) groups excluding carboxylic acids is 1. The molecule has 11 heavy (non-hydrogen) atoms. The van der Waals surface area contributed by atoms with Crippen LogP contribution < -0.4 is 10.6 Å². The average Bonchev–Trinajstić information content (AvgIpc) is 2.32. The summed E-state index contributed by atoms with van der Waals surface area (Å²) < 4.78 is 29.3. The van der Waals surface area contributed by atoms with Gasteiger partial charge in [-0.3, -0.25) is 15.2 Å². The van der Waals surface area contributed by atoms with E-state index in [9.17, 15) is 13.2 Å². The molecule has 1 saturated heterocycles. The third-order valence-electron chi connectivity index (χ3n) is 1.35. The van der Waals surface area contributed by atoms with Gasteiger partial charge in [0.05, 0.1) is 6.04 Å². The molecule has 1 aliphatic heterocycles. The fourth-order valence-corrected chi connectivity index (χ4v) is 1.48. The third-order valence-corrected chi connectivity index (χ3v) is 2.25. The summed E-state index contributed by atoms with van der Waals surface area (Å²) >= 11 is 0. The highest BCUT2D eigenvalue weighted by atomic mass is 32.2. The Labute approximate surface area is 63.7 Å². The molecule has 1 aliphatic rings. The Morgan fingerprint density at radius 1 is 1.55 bits per heavy atom. The zero-order valence-electron chi connectivity index (χ0n) is 5.52. The molecule has 0 bridgehead atoms. The van der Waals surface area contributed by atoms with E-state index in [0.717, 1.165) is 0 Å². The molecule has 2 atom stereocenters. The second-order valence-corrected chi connectivity index (χ2v) is 3.71. The van der Waals surface area contributed by atoms with Crippen molar-refractivity contribution in [2.45, 2.75) is 11.5 Å². The van der Waals surface area contributed by atoms with Crippen LogP contribution in [0.4, 0.5) is 0 Å². The van der Waals surface area contributed by atoms with Gasteiger partial charge in [0.25, 0.3) is 10.1 Å². The summed E-state index contributed by atoms with van der Waals surface area (Å²) in [4.78, 5) is 10.1. The molecule has 1 heterocycles. The molecule has 0 aromatic heterocycles. The van der Waals surface area contributed by atoms with Gasteiger partial charge in [-0.25, -0.2) is 0 Å². The van der Waals surface area contributed by atoms with Crippen LogP contribution in [0, 0.1) is 0 Å². The largest absolute Gasteiger partial charge is 0.302 e. The second kappa shape index (κ2) is 2.86. The van der Waals surface area contributed by atoms with Crippen molar-refractivity contribution in [2.24, 2.45) is 0 Å². The van der Waals surface area contributed by atoms with E-state index in [1.54, 1.807) is 0 Å². The SMILES string of the molecule is O=CC1CNC(S(=O)(=O)O)N1. The first-order chi connectivity index (χ1) is 5.04. The van der Waals surface area contributed by atoms with Crippen LogP contribution >= 0.6 is 0 Å². The van der Waals surface area contributed by atoms with Crippen LogP contribution in [0.2, 0.25) is 0 Å². The van der Waals surface area contributed by atoms with E-state index >= 15 is 0 Å². The maximum Gasteiger partial charge on any atom is 0.295 e. The molecule has 1 rings (SSSR count). The van der Waals surface area contributed by atoms with Crippen molar-refractivity contribution in [3.63, 3.8) is 0 Å². The topological polar surface area (TPSA) is 95.5 Å². The standard InChI is InChI=1S/C4H8N2O4S/c7-2-3-1-5-4(6-3)11(8,9)10/h2-6H,1H2,(H,8,9,10). The van der Waals surface area contributed by atoms with E-state index in [0.29, 0.717) is 6.29 Å². The molecule has 6 nitrogen and oxygen atoms in total. The molecule has 0 aromatic carbocycles. The van der Waals surface area contributed by atoms with Gasteiger partial charge in [0, 0.05) is 6.54 Å². The van der Waals surface area contributed by atoms with Crippen LogP contribution in [0.3, 0.4) is 0 Å². The molecular formula is C4H8N2O4S. The summed E-state index contributed by atoms with van der Waals surface area (Å²) in [6, 6.07) is -0.540. The van der Waals surface area contributed by atoms with Gasteiger partial charge in [-0.15, -0.1) is 0 Å². The maximum atomic E-state index is 10.4. The number of rotatable bonds is 2. The van der Waals surface area contributed by atoms with Gasteiger partial charge >= 0.3 is 0 Å². The first kappa shape index (κ1) is 8.60. The van der Waals surface area contributed by atoms with Crippen molar-refractivity contribution in [3.05, 3.63) is 0 Å². The van der Waals surface area contributed by atoms with E-state index in [4.69, 9.17) is 4.55 Å². The van der Waals surface area contributed by atoms with Gasteiger partial charge in [-0.1, -0.05) is 0 Å². The normalized spacial score (nSPS) is 32.1. The van der Waals surface area contributed by atoms with Crippen LogP contribution in [0.25, 0.3) is 0 Å². The molecule has 0 saturated carbocycles. The molecule has 1 fully saturated rings. The minimum absolute atomic E-state index is 0.216. The van der Waals surface area contributed by atoms with Crippen molar-refractivity contribution in [2.75, 3.05) is 6.54 Å². The van der Waals surface area contributed by atoms with Crippen molar-refractivity contribution in [3.8, 4) is 0 Å². The quantitative estimate of drug-likeness (QED) is 0.333. The lowest BCUT2D eigenvalue weighted by molar-refractivity contribution is -0.109. The lowest BCUT2D eigenvalue weighted by Gasteiger charge is -2.05. The Morgan fingerprint density at radius 2 is 2.18 bits per heavy atom. The second-order valence-electron chi connectivity index (χ2n) is 2.21. The molecule has 2 unspecified atom stereocenters. The molecule has 0 radical (unpaired) electrons. The zero-order chi connectivity index (χ0) is 8.48. The van der Waals surface area contributed by atoms with Crippen LogP contribution in [-0.4, -0.2) is 37.3 Å². The predicted octanol–water partition coefficient (Wildman–Crippen LogP) is -2.08. The summed E-state index contributed by atoms with van der Waals surface area (Å²) in [6.07, 6.45) is 0.582. The highest BCUT2D eigenvalue weighted by Crippen LogP contribution is 1.98. The highest BCUT2D eigenvalue weighted by Gasteiger charge is 2.31. The smallest absolute Gasteiger partial charge is 0.295 e.